The molecule has 0 saturated carbocycles. The van der Waals surface area contributed by atoms with Crippen molar-refractivity contribution in [3.05, 3.63) is 35.4 Å². The van der Waals surface area contributed by atoms with E-state index in [4.69, 9.17) is 4.74 Å². The number of benzene rings is 1. The van der Waals surface area contributed by atoms with E-state index < -0.39 is 6.04 Å². The quantitative estimate of drug-likeness (QED) is 0.391. The molecule has 1 fully saturated rings. The van der Waals surface area contributed by atoms with Gasteiger partial charge in [-0.05, 0) is 42.9 Å². The van der Waals surface area contributed by atoms with Crippen molar-refractivity contribution in [3.8, 4) is 0 Å². The number of ether oxygens (including phenoxy) is 1. The average Bonchev–Trinajstić information content (AvgIpc) is 3.15. The van der Waals surface area contributed by atoms with Crippen LogP contribution in [0.2, 0.25) is 0 Å². The minimum Gasteiger partial charge on any atom is -0.464 e. The molecule has 2 atom stereocenters. The van der Waals surface area contributed by atoms with Crippen LogP contribution in [0.4, 0.5) is 0 Å². The van der Waals surface area contributed by atoms with Gasteiger partial charge in [-0.15, -0.1) is 11.8 Å². The van der Waals surface area contributed by atoms with E-state index in [1.165, 1.54) is 31.2 Å². The number of esters is 1. The van der Waals surface area contributed by atoms with Gasteiger partial charge in [0.2, 0.25) is 0 Å². The summed E-state index contributed by atoms with van der Waals surface area (Å²) in [6.07, 6.45) is 6.78. The molecule has 0 bridgehead atoms. The first kappa shape index (κ1) is 22.8. The lowest BCUT2D eigenvalue weighted by Gasteiger charge is -2.30. The smallest absolute Gasteiger partial charge is 0.329 e. The minimum atomic E-state index is -0.495. The molecule has 1 aliphatic rings. The minimum absolute atomic E-state index is 0.000368. The van der Waals surface area contributed by atoms with Gasteiger partial charge in [-0.3, -0.25) is 4.79 Å². The van der Waals surface area contributed by atoms with Crippen LogP contribution in [0.1, 0.15) is 75.7 Å². The molecule has 2 rings (SSSR count). The van der Waals surface area contributed by atoms with Gasteiger partial charge in [-0.2, -0.15) is 0 Å². The summed E-state index contributed by atoms with van der Waals surface area (Å²) in [6, 6.07) is 7.43. The number of thioether (sulfide) groups is 1. The Bertz CT molecular complexity index is 629. The monoisotopic (exact) mass is 405 g/mol. The zero-order chi connectivity index (χ0) is 20.5. The van der Waals surface area contributed by atoms with Crippen LogP contribution < -0.4 is 0 Å². The fraction of sp³-hybridized carbons (Fsp3) is 0.652. The van der Waals surface area contributed by atoms with Gasteiger partial charge in [0.05, 0.1) is 12.0 Å². The molecule has 1 saturated heterocycles. The van der Waals surface area contributed by atoms with E-state index in [9.17, 15) is 9.59 Å². The molecular formula is C23H35NO3S. The summed E-state index contributed by atoms with van der Waals surface area (Å²) < 4.78 is 5.36. The predicted octanol–water partition coefficient (Wildman–Crippen LogP) is 5.30. The Balaban J connectivity index is 2.09. The molecule has 156 valence electrons. The number of aryl methyl sites for hydroxylation is 1. The Kier molecular flexibility index (Phi) is 9.36. The standard InChI is InChI=1S/C23H35NO3S/c1-5-7-8-9-10-18-11-13-19(14-12-18)21(25)24-20(23(26)27-15-6-2)16-28-22(24)17(3)4/h11-14,17,20,22H,5-10,15-16H2,1-4H3. The maximum Gasteiger partial charge on any atom is 0.329 e. The van der Waals surface area contributed by atoms with E-state index in [1.807, 2.05) is 19.1 Å². The Hall–Kier alpha value is -1.49. The third-order valence-electron chi connectivity index (χ3n) is 5.08. The SMILES string of the molecule is CCCCCCc1ccc(C(=O)N2C(C(=O)OCCC)CSC2C(C)C)cc1. The van der Waals surface area contributed by atoms with E-state index in [-0.39, 0.29) is 23.2 Å². The van der Waals surface area contributed by atoms with Crippen LogP contribution in [0.15, 0.2) is 24.3 Å². The number of hydrogen-bond acceptors (Lipinski definition) is 4. The summed E-state index contributed by atoms with van der Waals surface area (Å²) in [4.78, 5) is 27.5. The molecule has 1 heterocycles. The van der Waals surface area contributed by atoms with Crippen LogP contribution in [-0.4, -0.2) is 40.6 Å². The van der Waals surface area contributed by atoms with Crippen LogP contribution >= 0.6 is 11.8 Å². The van der Waals surface area contributed by atoms with Gasteiger partial charge in [0.1, 0.15) is 6.04 Å². The Morgan fingerprint density at radius 2 is 1.82 bits per heavy atom. The van der Waals surface area contributed by atoms with E-state index in [0.29, 0.717) is 17.9 Å². The number of carbonyl (C=O) groups is 2. The first-order valence-corrected chi connectivity index (χ1v) is 11.7. The maximum absolute atomic E-state index is 13.3. The van der Waals surface area contributed by atoms with Crippen molar-refractivity contribution < 1.29 is 14.3 Å². The van der Waals surface area contributed by atoms with E-state index >= 15 is 0 Å². The van der Waals surface area contributed by atoms with Crippen LogP contribution in [0.5, 0.6) is 0 Å². The number of nitrogens with zero attached hydrogens (tertiary/aromatic N) is 1. The second kappa shape index (κ2) is 11.5. The summed E-state index contributed by atoms with van der Waals surface area (Å²) in [5, 5.41) is 0.000368. The van der Waals surface area contributed by atoms with Gasteiger partial charge in [0.25, 0.3) is 5.91 Å². The number of amides is 1. The molecule has 28 heavy (non-hydrogen) atoms. The van der Waals surface area contributed by atoms with Crippen LogP contribution in [0, 0.1) is 5.92 Å². The lowest BCUT2D eigenvalue weighted by Crippen LogP contribution is -2.47. The first-order chi connectivity index (χ1) is 13.5. The van der Waals surface area contributed by atoms with E-state index in [1.54, 1.807) is 16.7 Å². The largest absolute Gasteiger partial charge is 0.464 e. The number of hydrogen-bond donors (Lipinski definition) is 0. The highest BCUT2D eigenvalue weighted by molar-refractivity contribution is 8.00. The van der Waals surface area contributed by atoms with Crippen molar-refractivity contribution in [3.63, 3.8) is 0 Å². The Labute approximate surface area is 174 Å². The van der Waals surface area contributed by atoms with Crippen molar-refractivity contribution in [1.29, 1.82) is 0 Å². The number of carbonyl (C=O) groups excluding carboxylic acids is 2. The summed E-state index contributed by atoms with van der Waals surface area (Å²) in [6.45, 7) is 8.78. The Morgan fingerprint density at radius 3 is 2.43 bits per heavy atom. The number of unbranched alkanes of at least 4 members (excludes halogenated alkanes) is 3. The van der Waals surface area contributed by atoms with Gasteiger partial charge < -0.3 is 9.64 Å². The number of rotatable bonds is 10. The molecule has 0 spiro atoms. The van der Waals surface area contributed by atoms with Crippen molar-refractivity contribution in [2.24, 2.45) is 5.92 Å². The molecule has 4 nitrogen and oxygen atoms in total. The fourth-order valence-corrected chi connectivity index (χ4v) is 4.96. The zero-order valence-electron chi connectivity index (χ0n) is 17.8. The lowest BCUT2D eigenvalue weighted by molar-refractivity contribution is -0.148. The molecule has 2 unspecified atom stereocenters. The molecule has 1 amide bonds. The van der Waals surface area contributed by atoms with Gasteiger partial charge in [-0.1, -0.05) is 59.1 Å². The summed E-state index contributed by atoms with van der Waals surface area (Å²) in [5.74, 6) is 0.529. The van der Waals surface area contributed by atoms with Crippen molar-refractivity contribution in [1.82, 2.24) is 4.90 Å². The highest BCUT2D eigenvalue weighted by Gasteiger charge is 2.43. The predicted molar refractivity (Wildman–Crippen MR) is 117 cm³/mol. The highest BCUT2D eigenvalue weighted by Crippen LogP contribution is 2.35. The molecule has 1 aromatic carbocycles. The maximum atomic E-state index is 13.3. The molecule has 5 heteroatoms. The fourth-order valence-electron chi connectivity index (χ4n) is 3.50. The third-order valence-corrected chi connectivity index (χ3v) is 6.70. The summed E-state index contributed by atoms with van der Waals surface area (Å²) >= 11 is 1.67. The average molecular weight is 406 g/mol. The summed E-state index contributed by atoms with van der Waals surface area (Å²) in [7, 11) is 0. The molecule has 0 N–H and O–H groups in total. The molecule has 0 aromatic heterocycles. The van der Waals surface area contributed by atoms with E-state index in [0.717, 1.165) is 12.8 Å². The van der Waals surface area contributed by atoms with Gasteiger partial charge in [-0.25, -0.2) is 4.79 Å². The summed E-state index contributed by atoms with van der Waals surface area (Å²) in [5.41, 5.74) is 1.92. The van der Waals surface area contributed by atoms with Crippen molar-refractivity contribution in [2.75, 3.05) is 12.4 Å². The van der Waals surface area contributed by atoms with Crippen molar-refractivity contribution >= 4 is 23.6 Å². The second-order valence-electron chi connectivity index (χ2n) is 7.87. The van der Waals surface area contributed by atoms with Crippen molar-refractivity contribution in [2.45, 2.75) is 77.6 Å². The van der Waals surface area contributed by atoms with Crippen LogP contribution in [0.25, 0.3) is 0 Å². The molecular weight excluding hydrogens is 370 g/mol. The zero-order valence-corrected chi connectivity index (χ0v) is 18.6. The van der Waals surface area contributed by atoms with Gasteiger partial charge >= 0.3 is 5.97 Å². The van der Waals surface area contributed by atoms with Gasteiger partial charge in [0, 0.05) is 11.3 Å². The third kappa shape index (κ3) is 6.00. The molecule has 0 aliphatic carbocycles. The molecule has 1 aromatic rings. The second-order valence-corrected chi connectivity index (χ2v) is 9.02. The molecule has 0 radical (unpaired) electrons. The van der Waals surface area contributed by atoms with Gasteiger partial charge in [0.15, 0.2) is 0 Å². The van der Waals surface area contributed by atoms with Crippen LogP contribution in [0.3, 0.4) is 0 Å². The lowest BCUT2D eigenvalue weighted by atomic mass is 10.0. The normalized spacial score (nSPS) is 19.2. The van der Waals surface area contributed by atoms with Crippen LogP contribution in [-0.2, 0) is 16.0 Å². The molecule has 1 aliphatic heterocycles. The Morgan fingerprint density at radius 1 is 1.11 bits per heavy atom. The first-order valence-electron chi connectivity index (χ1n) is 10.7. The van der Waals surface area contributed by atoms with E-state index in [2.05, 4.69) is 32.9 Å². The highest BCUT2D eigenvalue weighted by atomic mass is 32.2. The topological polar surface area (TPSA) is 46.6 Å².